The molecule has 0 aliphatic carbocycles. The van der Waals surface area contributed by atoms with Crippen LogP contribution in [0.3, 0.4) is 0 Å². The summed E-state index contributed by atoms with van der Waals surface area (Å²) in [5.41, 5.74) is 8.43. The minimum atomic E-state index is 0.522. The van der Waals surface area contributed by atoms with Gasteiger partial charge < -0.3 is 4.57 Å². The monoisotopic (exact) mass is 632 g/mol. The molecule has 0 radical (unpaired) electrons. The zero-order valence-corrected chi connectivity index (χ0v) is 26.8. The van der Waals surface area contributed by atoms with Crippen molar-refractivity contribution in [2.24, 2.45) is 0 Å². The van der Waals surface area contributed by atoms with Gasteiger partial charge in [-0.1, -0.05) is 110 Å². The van der Waals surface area contributed by atoms with E-state index in [2.05, 4.69) is 127 Å². The maximum atomic E-state index is 5.00. The number of hydrogen-bond acceptors (Lipinski definition) is 4. The molecule has 4 nitrogen and oxygen atoms in total. The van der Waals surface area contributed by atoms with Crippen LogP contribution in [-0.2, 0) is 0 Å². The molecule has 0 saturated carbocycles. The Balaban J connectivity index is 1.24. The zero-order valence-electron chi connectivity index (χ0n) is 26.0. The lowest BCUT2D eigenvalue weighted by atomic mass is 9.99. The maximum absolute atomic E-state index is 5.00. The van der Waals surface area contributed by atoms with E-state index in [1.807, 2.05) is 30.3 Å². The fourth-order valence-electron chi connectivity index (χ4n) is 6.65. The summed E-state index contributed by atoms with van der Waals surface area (Å²) in [6.45, 7) is 8.06. The van der Waals surface area contributed by atoms with Crippen LogP contribution < -0.4 is 0 Å². The average molecular weight is 633 g/mol. The third-order valence-electron chi connectivity index (χ3n) is 8.96. The summed E-state index contributed by atoms with van der Waals surface area (Å²) in [6, 6.07) is 49.2. The Labute approximate surface area is 281 Å². The normalized spacial score (nSPS) is 11.5. The van der Waals surface area contributed by atoms with Gasteiger partial charge in [-0.15, -0.1) is 11.3 Å². The zero-order chi connectivity index (χ0) is 32.2. The van der Waals surface area contributed by atoms with Crippen molar-refractivity contribution in [1.82, 2.24) is 19.5 Å². The summed E-state index contributed by atoms with van der Waals surface area (Å²) in [5, 5.41) is 4.79. The van der Waals surface area contributed by atoms with Crippen molar-refractivity contribution in [3.8, 4) is 39.6 Å². The highest BCUT2D eigenvalue weighted by molar-refractivity contribution is 7.26. The molecule has 0 saturated heterocycles. The molecule has 48 heavy (non-hydrogen) atoms. The van der Waals surface area contributed by atoms with Crippen LogP contribution in [0.25, 0.3) is 87.1 Å². The van der Waals surface area contributed by atoms with Crippen LogP contribution in [0.15, 0.2) is 159 Å². The highest BCUT2D eigenvalue weighted by atomic mass is 32.1. The van der Waals surface area contributed by atoms with Crippen LogP contribution in [0.2, 0.25) is 0 Å². The molecule has 0 bridgehead atoms. The highest BCUT2D eigenvalue weighted by Gasteiger charge is 2.18. The van der Waals surface area contributed by atoms with Gasteiger partial charge in [-0.05, 0) is 59.7 Å². The summed E-state index contributed by atoms with van der Waals surface area (Å²) < 4.78 is 4.76. The van der Waals surface area contributed by atoms with Crippen LogP contribution in [-0.4, -0.2) is 19.5 Å². The Morgan fingerprint density at radius 2 is 1.25 bits per heavy atom. The number of benzene rings is 6. The highest BCUT2D eigenvalue weighted by Crippen LogP contribution is 2.42. The molecule has 5 heteroatoms. The lowest BCUT2D eigenvalue weighted by Crippen LogP contribution is -2.02. The number of allylic oxidation sites excluding steroid dienone is 2. The fraction of sp³-hybridized carbons (Fsp3) is 0. The van der Waals surface area contributed by atoms with Crippen LogP contribution in [0.1, 0.15) is 5.82 Å². The Morgan fingerprint density at radius 1 is 0.562 bits per heavy atom. The maximum Gasteiger partial charge on any atom is 0.164 e. The molecule has 0 aliphatic rings. The molecule has 0 amide bonds. The molecule has 0 atom stereocenters. The molecule has 3 aromatic heterocycles. The Kier molecular flexibility index (Phi) is 6.59. The van der Waals surface area contributed by atoms with Crippen molar-refractivity contribution >= 4 is 58.9 Å². The number of aromatic nitrogens is 4. The van der Waals surface area contributed by atoms with Gasteiger partial charge in [-0.2, -0.15) is 0 Å². The van der Waals surface area contributed by atoms with E-state index >= 15 is 0 Å². The summed E-state index contributed by atoms with van der Waals surface area (Å²) in [5.74, 6) is 1.75. The van der Waals surface area contributed by atoms with Crippen molar-refractivity contribution in [2.45, 2.75) is 0 Å². The van der Waals surface area contributed by atoms with E-state index in [-0.39, 0.29) is 0 Å². The molecule has 0 fully saturated rings. The molecule has 9 rings (SSSR count). The Hall–Kier alpha value is -6.17. The van der Waals surface area contributed by atoms with Crippen molar-refractivity contribution in [3.63, 3.8) is 0 Å². The number of nitrogens with zero attached hydrogens (tertiary/aromatic N) is 4. The quantitative estimate of drug-likeness (QED) is 0.171. The molecule has 0 aliphatic heterocycles. The van der Waals surface area contributed by atoms with E-state index < -0.39 is 0 Å². The SMILES string of the molecule is C=CC(=C)c1nc(-c2ccccc2)nc(-c2cccc3sc4ccc(-c5ccc6c(c5)c5ccccc5n6-c5ccccc5)cc4c23)n1. The molecule has 0 spiro atoms. The van der Waals surface area contributed by atoms with Crippen LogP contribution in [0.4, 0.5) is 0 Å². The second-order valence-electron chi connectivity index (χ2n) is 11.8. The van der Waals surface area contributed by atoms with Crippen molar-refractivity contribution in [1.29, 1.82) is 0 Å². The molecule has 3 heterocycles. The van der Waals surface area contributed by atoms with Gasteiger partial charge >= 0.3 is 0 Å². The predicted molar refractivity (Wildman–Crippen MR) is 203 cm³/mol. The molecule has 9 aromatic rings. The Bertz CT molecular complexity index is 2700. The van der Waals surface area contributed by atoms with Crippen LogP contribution in [0, 0.1) is 0 Å². The number of para-hydroxylation sites is 2. The van der Waals surface area contributed by atoms with Crippen molar-refractivity contribution in [3.05, 3.63) is 165 Å². The number of thiophene rings is 1. The first-order chi connectivity index (χ1) is 23.7. The molecule has 6 aromatic carbocycles. The summed E-state index contributed by atoms with van der Waals surface area (Å²) >= 11 is 1.79. The predicted octanol–water partition coefficient (Wildman–Crippen LogP) is 11.5. The lowest BCUT2D eigenvalue weighted by Gasteiger charge is -2.10. The van der Waals surface area contributed by atoms with E-state index in [0.717, 1.165) is 27.8 Å². The summed E-state index contributed by atoms with van der Waals surface area (Å²) in [6.07, 6.45) is 1.69. The van der Waals surface area contributed by atoms with E-state index in [9.17, 15) is 0 Å². The second kappa shape index (κ2) is 11.3. The van der Waals surface area contributed by atoms with Gasteiger partial charge in [0.1, 0.15) is 0 Å². The van der Waals surface area contributed by atoms with E-state index in [1.54, 1.807) is 17.4 Å². The van der Waals surface area contributed by atoms with Gasteiger partial charge in [0.25, 0.3) is 0 Å². The van der Waals surface area contributed by atoms with E-state index in [1.165, 1.54) is 42.2 Å². The summed E-state index contributed by atoms with van der Waals surface area (Å²) in [7, 11) is 0. The Morgan fingerprint density at radius 3 is 2.06 bits per heavy atom. The van der Waals surface area contributed by atoms with Crippen molar-refractivity contribution < 1.29 is 0 Å². The standard InChI is InChI=1S/C43H28N4S/c1-3-27(2)41-44-42(28-13-6-4-7-14-28)46-43(45-41)33-18-12-20-39-40(33)35-26-30(22-24-38(35)48-39)29-21-23-37-34(25-29)32-17-10-11-19-36(32)47(37)31-15-8-5-9-16-31/h3-26H,1-2H2. The first-order valence-corrected chi connectivity index (χ1v) is 16.7. The minimum absolute atomic E-state index is 0.522. The molecule has 0 unspecified atom stereocenters. The summed E-state index contributed by atoms with van der Waals surface area (Å²) in [4.78, 5) is 14.7. The number of fused-ring (bicyclic) bond motifs is 6. The molecular formula is C43H28N4S. The lowest BCUT2D eigenvalue weighted by molar-refractivity contribution is 1.04. The minimum Gasteiger partial charge on any atom is -0.309 e. The first-order valence-electron chi connectivity index (χ1n) is 15.8. The third-order valence-corrected chi connectivity index (χ3v) is 10.1. The number of hydrogen-bond donors (Lipinski definition) is 0. The third kappa shape index (κ3) is 4.55. The van der Waals surface area contributed by atoms with Gasteiger partial charge in [-0.3, -0.25) is 0 Å². The van der Waals surface area contributed by atoms with Crippen molar-refractivity contribution in [2.75, 3.05) is 0 Å². The smallest absolute Gasteiger partial charge is 0.164 e. The first kappa shape index (κ1) is 28.1. The average Bonchev–Trinajstić information content (AvgIpc) is 3.70. The van der Waals surface area contributed by atoms with Gasteiger partial charge in [0.15, 0.2) is 17.5 Å². The van der Waals surface area contributed by atoms with Gasteiger partial charge in [0.2, 0.25) is 0 Å². The topological polar surface area (TPSA) is 43.6 Å². The second-order valence-corrected chi connectivity index (χ2v) is 12.9. The van der Waals surface area contributed by atoms with Crippen LogP contribution >= 0.6 is 11.3 Å². The number of rotatable bonds is 6. The molecule has 226 valence electrons. The van der Waals surface area contributed by atoms with E-state index in [0.29, 0.717) is 23.0 Å². The van der Waals surface area contributed by atoms with Gasteiger partial charge in [0, 0.05) is 53.3 Å². The molecule has 0 N–H and O–H groups in total. The fourth-order valence-corrected chi connectivity index (χ4v) is 7.76. The van der Waals surface area contributed by atoms with E-state index in [4.69, 9.17) is 15.0 Å². The largest absolute Gasteiger partial charge is 0.309 e. The van der Waals surface area contributed by atoms with Gasteiger partial charge in [0.05, 0.1) is 11.0 Å². The van der Waals surface area contributed by atoms with Gasteiger partial charge in [-0.25, -0.2) is 15.0 Å². The van der Waals surface area contributed by atoms with Crippen LogP contribution in [0.5, 0.6) is 0 Å². The molecular weight excluding hydrogens is 605 g/mol.